The van der Waals surface area contributed by atoms with E-state index in [4.69, 9.17) is 16.3 Å². The molecule has 0 radical (unpaired) electrons. The second kappa shape index (κ2) is 4.83. The fourth-order valence-electron chi connectivity index (χ4n) is 1.74. The lowest BCUT2D eigenvalue weighted by atomic mass is 10.1. The first kappa shape index (κ1) is 11.4. The van der Waals surface area contributed by atoms with E-state index in [-0.39, 0.29) is 12.2 Å². The summed E-state index contributed by atoms with van der Waals surface area (Å²) in [6.07, 6.45) is 0.304. The zero-order valence-corrected chi connectivity index (χ0v) is 10.8. The summed E-state index contributed by atoms with van der Waals surface area (Å²) >= 11 is 9.56. The lowest BCUT2D eigenvalue weighted by molar-refractivity contribution is -0.0286. The van der Waals surface area contributed by atoms with Crippen molar-refractivity contribution < 1.29 is 4.74 Å². The van der Waals surface area contributed by atoms with Crippen LogP contribution in [0.5, 0.6) is 0 Å². The molecule has 1 fully saturated rings. The monoisotopic (exact) mass is 289 g/mol. The van der Waals surface area contributed by atoms with Crippen LogP contribution in [0.1, 0.15) is 18.6 Å². The van der Waals surface area contributed by atoms with E-state index >= 15 is 0 Å². The van der Waals surface area contributed by atoms with Gasteiger partial charge in [-0.25, -0.2) is 0 Å². The fourth-order valence-corrected chi connectivity index (χ4v) is 2.54. The zero-order valence-electron chi connectivity index (χ0n) is 8.47. The van der Waals surface area contributed by atoms with E-state index in [2.05, 4.69) is 28.2 Å². The Morgan fingerprint density at radius 2 is 2.27 bits per heavy atom. The average molecular weight is 291 g/mol. The molecule has 1 saturated heterocycles. The van der Waals surface area contributed by atoms with Crippen molar-refractivity contribution in [3.63, 3.8) is 0 Å². The number of ether oxygens (including phenoxy) is 1. The van der Waals surface area contributed by atoms with E-state index in [9.17, 15) is 0 Å². The summed E-state index contributed by atoms with van der Waals surface area (Å²) in [7, 11) is 0. The van der Waals surface area contributed by atoms with Crippen LogP contribution in [0, 0.1) is 0 Å². The molecule has 0 aromatic heterocycles. The van der Waals surface area contributed by atoms with Crippen molar-refractivity contribution in [2.75, 3.05) is 13.1 Å². The molecular weight excluding hydrogens is 277 g/mol. The predicted molar refractivity (Wildman–Crippen MR) is 65.3 cm³/mol. The first-order valence-corrected chi connectivity index (χ1v) is 6.15. The van der Waals surface area contributed by atoms with Crippen LogP contribution in [0.4, 0.5) is 0 Å². The Morgan fingerprint density at radius 3 is 2.93 bits per heavy atom. The van der Waals surface area contributed by atoms with Crippen LogP contribution in [-0.2, 0) is 4.74 Å². The maximum absolute atomic E-state index is 6.17. The highest BCUT2D eigenvalue weighted by molar-refractivity contribution is 9.10. The normalized spacial score (nSPS) is 26.6. The molecule has 2 atom stereocenters. The molecule has 1 heterocycles. The second-order valence-corrected chi connectivity index (χ2v) is 5.08. The van der Waals surface area contributed by atoms with Crippen LogP contribution in [0.15, 0.2) is 22.7 Å². The molecule has 15 heavy (non-hydrogen) atoms. The maximum atomic E-state index is 6.17. The molecule has 4 heteroatoms. The summed E-state index contributed by atoms with van der Waals surface area (Å²) in [6.45, 7) is 3.79. The molecule has 2 rings (SSSR count). The van der Waals surface area contributed by atoms with Gasteiger partial charge in [-0.2, -0.15) is 0 Å². The Kier molecular flexibility index (Phi) is 3.67. The number of morpholine rings is 1. The van der Waals surface area contributed by atoms with Gasteiger partial charge in [0.1, 0.15) is 0 Å². The Bertz CT molecular complexity index is 358. The third-order valence-corrected chi connectivity index (χ3v) is 3.29. The van der Waals surface area contributed by atoms with E-state index in [0.29, 0.717) is 0 Å². The molecule has 2 unspecified atom stereocenters. The summed E-state index contributed by atoms with van der Waals surface area (Å²) < 4.78 is 6.82. The van der Waals surface area contributed by atoms with E-state index in [0.717, 1.165) is 28.1 Å². The van der Waals surface area contributed by atoms with Gasteiger partial charge in [-0.1, -0.05) is 33.6 Å². The smallest absolute Gasteiger partial charge is 0.0967 e. The molecule has 0 aliphatic carbocycles. The third-order valence-electron chi connectivity index (χ3n) is 2.47. The number of hydrogen-bond donors (Lipinski definition) is 1. The van der Waals surface area contributed by atoms with Crippen LogP contribution in [0.3, 0.4) is 0 Å². The molecule has 1 N–H and O–H groups in total. The quantitative estimate of drug-likeness (QED) is 0.858. The fraction of sp³-hybridized carbons (Fsp3) is 0.455. The van der Waals surface area contributed by atoms with Gasteiger partial charge >= 0.3 is 0 Å². The van der Waals surface area contributed by atoms with E-state index in [1.807, 2.05) is 18.2 Å². The summed E-state index contributed by atoms with van der Waals surface area (Å²) in [6, 6.07) is 5.90. The zero-order chi connectivity index (χ0) is 10.8. The molecule has 1 aromatic rings. The molecule has 0 bridgehead atoms. The molecule has 82 valence electrons. The van der Waals surface area contributed by atoms with Crippen LogP contribution < -0.4 is 5.32 Å². The van der Waals surface area contributed by atoms with Crippen LogP contribution in [0.25, 0.3) is 0 Å². The highest BCUT2D eigenvalue weighted by Gasteiger charge is 2.22. The minimum absolute atomic E-state index is 0.0642. The largest absolute Gasteiger partial charge is 0.368 e. The molecule has 1 aliphatic rings. The van der Waals surface area contributed by atoms with Crippen LogP contribution in [0.2, 0.25) is 5.02 Å². The van der Waals surface area contributed by atoms with Gasteiger partial charge in [-0.05, 0) is 19.1 Å². The Morgan fingerprint density at radius 1 is 1.47 bits per heavy atom. The minimum atomic E-state index is 0.0642. The molecule has 1 aromatic carbocycles. The summed E-state index contributed by atoms with van der Waals surface area (Å²) in [5.74, 6) is 0. The number of rotatable bonds is 1. The average Bonchev–Trinajstić information content (AvgIpc) is 2.17. The Balaban J connectivity index is 2.21. The lowest BCUT2D eigenvalue weighted by Crippen LogP contribution is -2.38. The van der Waals surface area contributed by atoms with E-state index < -0.39 is 0 Å². The van der Waals surface area contributed by atoms with Gasteiger partial charge in [-0.3, -0.25) is 0 Å². The minimum Gasteiger partial charge on any atom is -0.368 e. The van der Waals surface area contributed by atoms with Gasteiger partial charge < -0.3 is 10.1 Å². The summed E-state index contributed by atoms with van der Waals surface area (Å²) in [5.41, 5.74) is 1.05. The van der Waals surface area contributed by atoms with Crippen molar-refractivity contribution in [3.8, 4) is 0 Å². The molecule has 2 nitrogen and oxygen atoms in total. The van der Waals surface area contributed by atoms with Gasteiger partial charge in [-0.15, -0.1) is 0 Å². The van der Waals surface area contributed by atoms with Crippen LogP contribution in [-0.4, -0.2) is 19.2 Å². The van der Waals surface area contributed by atoms with Gasteiger partial charge in [0, 0.05) is 28.1 Å². The number of benzene rings is 1. The predicted octanol–water partition coefficient (Wildman–Crippen LogP) is 3.15. The number of halogens is 2. The highest BCUT2D eigenvalue weighted by Crippen LogP contribution is 2.30. The highest BCUT2D eigenvalue weighted by atomic mass is 79.9. The van der Waals surface area contributed by atoms with Gasteiger partial charge in [0.25, 0.3) is 0 Å². The van der Waals surface area contributed by atoms with Gasteiger partial charge in [0.2, 0.25) is 0 Å². The first-order valence-electron chi connectivity index (χ1n) is 4.98. The SMILES string of the molecule is CC1CNCC(c2ccc(Br)cc2Cl)O1. The first-order chi connectivity index (χ1) is 7.16. The second-order valence-electron chi connectivity index (χ2n) is 3.76. The van der Waals surface area contributed by atoms with E-state index in [1.165, 1.54) is 0 Å². The number of hydrogen-bond acceptors (Lipinski definition) is 2. The number of nitrogens with one attached hydrogen (secondary N) is 1. The van der Waals surface area contributed by atoms with Crippen molar-refractivity contribution in [1.29, 1.82) is 0 Å². The molecule has 1 aliphatic heterocycles. The molecule has 0 saturated carbocycles. The van der Waals surface area contributed by atoms with Gasteiger partial charge in [0.05, 0.1) is 12.2 Å². The Labute approximate surface area is 103 Å². The standard InChI is InChI=1S/C11H13BrClNO/c1-7-5-14-6-11(15-7)9-3-2-8(12)4-10(9)13/h2-4,7,11,14H,5-6H2,1H3. The lowest BCUT2D eigenvalue weighted by Gasteiger charge is -2.29. The third kappa shape index (κ3) is 2.72. The van der Waals surface area contributed by atoms with Gasteiger partial charge in [0.15, 0.2) is 0 Å². The van der Waals surface area contributed by atoms with Crippen molar-refractivity contribution in [3.05, 3.63) is 33.3 Å². The summed E-state index contributed by atoms with van der Waals surface area (Å²) in [5, 5.41) is 4.08. The van der Waals surface area contributed by atoms with Crippen LogP contribution >= 0.6 is 27.5 Å². The van der Waals surface area contributed by atoms with Crippen molar-refractivity contribution in [2.45, 2.75) is 19.1 Å². The van der Waals surface area contributed by atoms with Crippen molar-refractivity contribution >= 4 is 27.5 Å². The van der Waals surface area contributed by atoms with E-state index in [1.54, 1.807) is 0 Å². The molecule has 0 amide bonds. The topological polar surface area (TPSA) is 21.3 Å². The molecular formula is C11H13BrClNO. The Hall–Kier alpha value is -0.0900. The van der Waals surface area contributed by atoms with Crippen molar-refractivity contribution in [2.24, 2.45) is 0 Å². The maximum Gasteiger partial charge on any atom is 0.0967 e. The summed E-state index contributed by atoms with van der Waals surface area (Å²) in [4.78, 5) is 0. The molecule has 0 spiro atoms. The van der Waals surface area contributed by atoms with Crippen molar-refractivity contribution in [1.82, 2.24) is 5.32 Å².